The molecule has 8 nitrogen and oxygen atoms in total. The summed E-state index contributed by atoms with van der Waals surface area (Å²) in [5, 5.41) is 13.4. The Morgan fingerprint density at radius 2 is 2.07 bits per heavy atom. The van der Waals surface area contributed by atoms with Crippen molar-refractivity contribution < 1.29 is 24.0 Å². The van der Waals surface area contributed by atoms with Crippen LogP contribution < -0.4 is 0 Å². The lowest BCUT2D eigenvalue weighted by Crippen LogP contribution is -2.51. The second kappa shape index (κ2) is 10.1. The van der Waals surface area contributed by atoms with Crippen LogP contribution in [0.5, 0.6) is 0 Å². The molecule has 1 saturated carbocycles. The van der Waals surface area contributed by atoms with Gasteiger partial charge in [0.15, 0.2) is 5.78 Å². The summed E-state index contributed by atoms with van der Waals surface area (Å²) < 4.78 is 13.4. The zero-order valence-electron chi connectivity index (χ0n) is 17.2. The first-order chi connectivity index (χ1) is 14.4. The van der Waals surface area contributed by atoms with E-state index in [4.69, 9.17) is 0 Å². The molecule has 2 aliphatic rings. The molecule has 3 rings (SSSR count). The minimum Gasteiger partial charge on any atom is -0.297 e. The quantitative estimate of drug-likeness (QED) is 0.284. The normalized spacial score (nSPS) is 21.0. The summed E-state index contributed by atoms with van der Waals surface area (Å²) in [7, 11) is 1.74. The lowest BCUT2D eigenvalue weighted by Gasteiger charge is -2.33. The number of hydrogen-bond donors (Lipinski definition) is 1. The Kier molecular flexibility index (Phi) is 7.49. The summed E-state index contributed by atoms with van der Waals surface area (Å²) in [5.74, 6) is -1.34. The van der Waals surface area contributed by atoms with Crippen molar-refractivity contribution in [3.63, 3.8) is 0 Å². The second-order valence-corrected chi connectivity index (χ2v) is 8.27. The predicted molar refractivity (Wildman–Crippen MR) is 105 cm³/mol. The van der Waals surface area contributed by atoms with Gasteiger partial charge in [-0.1, -0.05) is 31.7 Å². The number of amides is 2. The summed E-state index contributed by atoms with van der Waals surface area (Å²) in [6, 6.07) is 3.64. The van der Waals surface area contributed by atoms with Crippen LogP contribution in [0.25, 0.3) is 0 Å². The zero-order chi connectivity index (χ0) is 21.7. The molecule has 1 aliphatic carbocycles. The second-order valence-electron chi connectivity index (χ2n) is 8.27. The van der Waals surface area contributed by atoms with E-state index in [1.165, 1.54) is 17.1 Å². The molecule has 9 heteroatoms. The molecule has 0 aromatic carbocycles. The van der Waals surface area contributed by atoms with Gasteiger partial charge in [0.25, 0.3) is 0 Å². The van der Waals surface area contributed by atoms with E-state index in [-0.39, 0.29) is 24.7 Å². The average molecular weight is 420 g/mol. The van der Waals surface area contributed by atoms with E-state index in [0.717, 1.165) is 25.7 Å². The highest BCUT2D eigenvalue weighted by atomic mass is 19.1. The Hall–Kier alpha value is -2.39. The fourth-order valence-corrected chi connectivity index (χ4v) is 4.60. The van der Waals surface area contributed by atoms with Crippen LogP contribution in [0.2, 0.25) is 0 Å². The van der Waals surface area contributed by atoms with Crippen LogP contribution in [-0.4, -0.2) is 69.6 Å². The maximum atomic E-state index is 13.4. The highest BCUT2D eigenvalue weighted by Crippen LogP contribution is 2.32. The molecule has 0 spiro atoms. The van der Waals surface area contributed by atoms with Gasteiger partial charge in [-0.3, -0.25) is 24.6 Å². The number of rotatable bonds is 9. The number of carbonyl (C=O) groups excluding carboxylic acids is 3. The summed E-state index contributed by atoms with van der Waals surface area (Å²) in [6.07, 6.45) is 5.57. The molecule has 30 heavy (non-hydrogen) atoms. The maximum absolute atomic E-state index is 13.4. The topological polar surface area (TPSA) is 94.1 Å². The Morgan fingerprint density at radius 3 is 2.73 bits per heavy atom. The van der Waals surface area contributed by atoms with Crippen LogP contribution in [0, 0.1) is 17.8 Å². The molecule has 2 heterocycles. The molecule has 0 radical (unpaired) electrons. The number of Topliss-reactive ketones (excluding diaryl/α,β-unsaturated/α-hetero) is 1. The van der Waals surface area contributed by atoms with Crippen LogP contribution in [0.3, 0.4) is 0 Å². The third-order valence-corrected chi connectivity index (χ3v) is 6.09. The number of nitrogens with zero attached hydrogens (tertiary/aromatic N) is 4. The van der Waals surface area contributed by atoms with Gasteiger partial charge in [-0.05, 0) is 30.9 Å². The molecule has 0 unspecified atom stereocenters. The van der Waals surface area contributed by atoms with Crippen molar-refractivity contribution >= 4 is 18.1 Å². The molecule has 0 bridgehead atoms. The molecular formula is C21H29FN4O4. The number of hydrazine groups is 1. The largest absolute Gasteiger partial charge is 0.297 e. The number of aromatic nitrogens is 1. The Labute approximate surface area is 175 Å². The monoisotopic (exact) mass is 420 g/mol. The first-order valence-corrected chi connectivity index (χ1v) is 10.5. The molecular weight excluding hydrogens is 391 g/mol. The van der Waals surface area contributed by atoms with Gasteiger partial charge < -0.3 is 0 Å². The molecule has 1 aromatic rings. The van der Waals surface area contributed by atoms with E-state index in [2.05, 4.69) is 4.98 Å². The van der Waals surface area contributed by atoms with Gasteiger partial charge in [-0.2, -0.15) is 4.39 Å². The van der Waals surface area contributed by atoms with Crippen molar-refractivity contribution in [2.24, 2.45) is 11.8 Å². The van der Waals surface area contributed by atoms with E-state index in [9.17, 15) is 24.0 Å². The zero-order valence-corrected chi connectivity index (χ0v) is 17.2. The first-order valence-electron chi connectivity index (χ1n) is 10.5. The predicted octanol–water partition coefficient (Wildman–Crippen LogP) is 1.82. The molecule has 164 valence electrons. The van der Waals surface area contributed by atoms with Gasteiger partial charge in [-0.15, -0.1) is 0 Å². The van der Waals surface area contributed by atoms with Crippen LogP contribution in [-0.2, 0) is 20.8 Å². The van der Waals surface area contributed by atoms with E-state index in [0.29, 0.717) is 42.5 Å². The molecule has 1 N–H and O–H groups in total. The lowest BCUT2D eigenvalue weighted by molar-refractivity contribution is -0.164. The van der Waals surface area contributed by atoms with Gasteiger partial charge in [-0.25, -0.2) is 15.1 Å². The van der Waals surface area contributed by atoms with Crippen LogP contribution in [0.15, 0.2) is 18.2 Å². The molecule has 1 aliphatic heterocycles. The summed E-state index contributed by atoms with van der Waals surface area (Å²) in [4.78, 5) is 41.0. The third kappa shape index (κ3) is 5.40. The van der Waals surface area contributed by atoms with E-state index in [1.54, 1.807) is 18.1 Å². The van der Waals surface area contributed by atoms with Gasteiger partial charge in [0, 0.05) is 13.6 Å². The summed E-state index contributed by atoms with van der Waals surface area (Å²) >= 11 is 0. The van der Waals surface area contributed by atoms with Gasteiger partial charge >= 0.3 is 0 Å². The molecule has 2 atom stereocenters. The number of hydroxylamine groups is 2. The minimum absolute atomic E-state index is 0.0617. The van der Waals surface area contributed by atoms with Crippen molar-refractivity contribution in [1.29, 1.82) is 0 Å². The van der Waals surface area contributed by atoms with Crippen LogP contribution >= 0.6 is 0 Å². The van der Waals surface area contributed by atoms with E-state index < -0.39 is 17.9 Å². The van der Waals surface area contributed by atoms with Crippen molar-refractivity contribution in [2.45, 2.75) is 51.0 Å². The minimum atomic E-state index is -0.665. The third-order valence-electron chi connectivity index (χ3n) is 6.09. The van der Waals surface area contributed by atoms with Crippen molar-refractivity contribution in [3.8, 4) is 0 Å². The lowest BCUT2D eigenvalue weighted by atomic mass is 9.91. The Morgan fingerprint density at radius 1 is 1.33 bits per heavy atom. The Bertz CT molecular complexity index is 771. The number of hydrogen-bond acceptors (Lipinski definition) is 6. The first kappa shape index (κ1) is 22.3. The smallest absolute Gasteiger partial charge is 0.242 e. The highest BCUT2D eigenvalue weighted by Gasteiger charge is 2.41. The molecule has 2 amide bonds. The summed E-state index contributed by atoms with van der Waals surface area (Å²) in [6.45, 7) is 0.431. The van der Waals surface area contributed by atoms with Crippen LogP contribution in [0.1, 0.15) is 44.2 Å². The van der Waals surface area contributed by atoms with Gasteiger partial charge in [0.1, 0.15) is 6.04 Å². The maximum Gasteiger partial charge on any atom is 0.242 e. The average Bonchev–Trinajstić information content (AvgIpc) is 3.36. The summed E-state index contributed by atoms with van der Waals surface area (Å²) in [5.41, 5.74) is 0.326. The van der Waals surface area contributed by atoms with Crippen LogP contribution in [0.4, 0.5) is 4.39 Å². The fourth-order valence-electron chi connectivity index (χ4n) is 4.60. The SMILES string of the molecule is CN1CC[C@@H](C(=O)Cc2cccc(F)n2)N1C(=O)[C@H](CC1CCCC1)CN(O)C=O. The highest BCUT2D eigenvalue weighted by molar-refractivity contribution is 5.91. The Balaban J connectivity index is 1.74. The standard InChI is InChI=1S/C21H29FN4O4/c1-24-10-9-18(19(28)12-17-7-4-8-20(22)23-17)26(24)21(29)16(13-25(30)14-27)11-15-5-2-3-6-15/h4,7-8,14-16,18,30H,2-3,5-6,9-13H2,1H3/t16-,18+/m1/s1. The number of carbonyl (C=O) groups is 3. The number of ketones is 1. The number of pyridine rings is 1. The van der Waals surface area contributed by atoms with E-state index in [1.807, 2.05) is 0 Å². The van der Waals surface area contributed by atoms with Gasteiger partial charge in [0.05, 0.1) is 24.6 Å². The van der Waals surface area contributed by atoms with E-state index >= 15 is 0 Å². The molecule has 2 fully saturated rings. The molecule has 1 aromatic heterocycles. The van der Waals surface area contributed by atoms with Crippen molar-refractivity contribution in [1.82, 2.24) is 20.1 Å². The fraction of sp³-hybridized carbons (Fsp3) is 0.619. The number of halogens is 1. The molecule has 1 saturated heterocycles. The van der Waals surface area contributed by atoms with Gasteiger partial charge in [0.2, 0.25) is 18.3 Å². The van der Waals surface area contributed by atoms with Crippen molar-refractivity contribution in [3.05, 3.63) is 29.8 Å². The van der Waals surface area contributed by atoms with Crippen molar-refractivity contribution in [2.75, 3.05) is 20.1 Å².